The highest BCUT2D eigenvalue weighted by molar-refractivity contribution is 14.1. The van der Waals surface area contributed by atoms with Crippen molar-refractivity contribution in [3.05, 3.63) is 15.5 Å². The SMILES string of the molecule is Brc1cnc(Br)n1I. The van der Waals surface area contributed by atoms with Crippen LogP contribution in [0.5, 0.6) is 0 Å². The van der Waals surface area contributed by atoms with E-state index in [4.69, 9.17) is 0 Å². The van der Waals surface area contributed by atoms with Crippen molar-refractivity contribution in [2.45, 2.75) is 0 Å². The van der Waals surface area contributed by atoms with Crippen molar-refractivity contribution in [3.63, 3.8) is 0 Å². The second-order valence-corrected chi connectivity index (χ2v) is 3.62. The van der Waals surface area contributed by atoms with Gasteiger partial charge in [0.25, 0.3) is 0 Å². The second-order valence-electron chi connectivity index (χ2n) is 1.13. The zero-order valence-electron chi connectivity index (χ0n) is 3.61. The van der Waals surface area contributed by atoms with Gasteiger partial charge in [-0.05, 0) is 31.9 Å². The van der Waals surface area contributed by atoms with E-state index in [-0.39, 0.29) is 0 Å². The Balaban J connectivity index is 3.19. The highest BCUT2D eigenvalue weighted by Crippen LogP contribution is 2.19. The number of rotatable bonds is 0. The molecule has 1 heterocycles. The Labute approximate surface area is 77.4 Å². The third-order valence-electron chi connectivity index (χ3n) is 0.627. The highest BCUT2D eigenvalue weighted by atomic mass is 127. The number of halogens is 3. The van der Waals surface area contributed by atoms with Crippen molar-refractivity contribution in [1.82, 2.24) is 7.76 Å². The molecule has 1 aromatic heterocycles. The Bertz CT molecular complexity index is 178. The zero-order valence-corrected chi connectivity index (χ0v) is 8.94. The predicted octanol–water partition coefficient (Wildman–Crippen LogP) is 2.61. The van der Waals surface area contributed by atoms with E-state index in [0.29, 0.717) is 0 Å². The highest BCUT2D eigenvalue weighted by Gasteiger charge is 1.98. The molecule has 0 saturated heterocycles. The van der Waals surface area contributed by atoms with Crippen LogP contribution in [0.25, 0.3) is 0 Å². The number of imidazole rings is 1. The number of hydrogen-bond acceptors (Lipinski definition) is 1. The summed E-state index contributed by atoms with van der Waals surface area (Å²) in [5.74, 6) is 0. The van der Waals surface area contributed by atoms with E-state index in [1.165, 1.54) is 0 Å². The molecule has 1 aromatic rings. The maximum absolute atomic E-state index is 3.94. The van der Waals surface area contributed by atoms with Gasteiger partial charge in [-0.25, -0.2) is 4.98 Å². The summed E-state index contributed by atoms with van der Waals surface area (Å²) >= 11 is 8.63. The third kappa shape index (κ3) is 1.24. The quantitative estimate of drug-likeness (QED) is 0.657. The van der Waals surface area contributed by atoms with E-state index < -0.39 is 0 Å². The van der Waals surface area contributed by atoms with Crippen LogP contribution in [-0.2, 0) is 0 Å². The fourth-order valence-corrected chi connectivity index (χ4v) is 1.35. The summed E-state index contributed by atoms with van der Waals surface area (Å²) in [5, 5.41) is 0. The molecular formula is C3HBr2IN2. The van der Waals surface area contributed by atoms with Crippen LogP contribution < -0.4 is 0 Å². The Morgan fingerprint density at radius 2 is 2.25 bits per heavy atom. The lowest BCUT2D eigenvalue weighted by Gasteiger charge is -1.86. The number of nitrogens with zero attached hydrogens (tertiary/aromatic N) is 2. The summed E-state index contributed by atoms with van der Waals surface area (Å²) in [4.78, 5) is 3.94. The molecule has 0 atom stereocenters. The molecule has 0 bridgehead atoms. The Morgan fingerprint density at radius 3 is 2.38 bits per heavy atom. The summed E-state index contributed by atoms with van der Waals surface area (Å²) in [6, 6.07) is 0. The van der Waals surface area contributed by atoms with Gasteiger partial charge in [0.2, 0.25) is 0 Å². The minimum atomic E-state index is 0.824. The molecule has 0 aliphatic carbocycles. The van der Waals surface area contributed by atoms with Crippen molar-refractivity contribution in [2.75, 3.05) is 0 Å². The monoisotopic (exact) mass is 350 g/mol. The molecule has 0 aromatic carbocycles. The predicted molar refractivity (Wildman–Crippen MR) is 47.0 cm³/mol. The molecule has 0 spiro atoms. The summed E-state index contributed by atoms with van der Waals surface area (Å²) in [7, 11) is 0. The Hall–Kier alpha value is 0.900. The van der Waals surface area contributed by atoms with Crippen LogP contribution in [0.4, 0.5) is 0 Å². The minimum Gasteiger partial charge on any atom is -0.253 e. The molecule has 44 valence electrons. The topological polar surface area (TPSA) is 17.8 Å². The first-order chi connectivity index (χ1) is 3.72. The van der Waals surface area contributed by atoms with Crippen molar-refractivity contribution >= 4 is 54.7 Å². The summed E-state index contributed by atoms with van der Waals surface area (Å²) < 4.78 is 3.65. The fourth-order valence-electron chi connectivity index (χ4n) is 0.296. The van der Waals surface area contributed by atoms with E-state index in [2.05, 4.69) is 59.7 Å². The van der Waals surface area contributed by atoms with E-state index in [9.17, 15) is 0 Å². The molecule has 0 fully saturated rings. The van der Waals surface area contributed by atoms with E-state index in [1.54, 1.807) is 6.20 Å². The largest absolute Gasteiger partial charge is 0.253 e. The van der Waals surface area contributed by atoms with Crippen LogP contribution in [0.2, 0.25) is 0 Å². The molecule has 2 nitrogen and oxygen atoms in total. The molecule has 0 unspecified atom stereocenters. The number of hydrogen-bond donors (Lipinski definition) is 0. The third-order valence-corrected chi connectivity index (χ3v) is 4.05. The maximum Gasteiger partial charge on any atom is 0.187 e. The molecule has 5 heteroatoms. The van der Waals surface area contributed by atoms with Crippen LogP contribution in [-0.4, -0.2) is 7.76 Å². The average Bonchev–Trinajstić information content (AvgIpc) is 1.98. The van der Waals surface area contributed by atoms with E-state index in [0.717, 1.165) is 9.34 Å². The van der Waals surface area contributed by atoms with Crippen molar-refractivity contribution in [1.29, 1.82) is 0 Å². The van der Waals surface area contributed by atoms with Crippen molar-refractivity contribution in [2.24, 2.45) is 0 Å². The zero-order chi connectivity index (χ0) is 6.15. The van der Waals surface area contributed by atoms with E-state index in [1.807, 2.05) is 2.78 Å². The van der Waals surface area contributed by atoms with Gasteiger partial charge in [0.15, 0.2) is 4.73 Å². The maximum atomic E-state index is 3.94. The lowest BCUT2D eigenvalue weighted by Crippen LogP contribution is -1.75. The van der Waals surface area contributed by atoms with Gasteiger partial charge >= 0.3 is 0 Å². The lowest BCUT2D eigenvalue weighted by atomic mass is 11.0. The molecular weight excluding hydrogens is 351 g/mol. The normalized spacial score (nSPS) is 9.88. The van der Waals surface area contributed by atoms with Crippen LogP contribution in [0.3, 0.4) is 0 Å². The van der Waals surface area contributed by atoms with Crippen LogP contribution in [0, 0.1) is 0 Å². The smallest absolute Gasteiger partial charge is 0.187 e. The van der Waals surface area contributed by atoms with Gasteiger partial charge in [-0.1, -0.05) is 0 Å². The van der Waals surface area contributed by atoms with Crippen LogP contribution >= 0.6 is 54.7 Å². The number of aromatic nitrogens is 2. The molecule has 0 radical (unpaired) electrons. The first kappa shape index (κ1) is 7.01. The molecule has 0 aliphatic rings. The summed E-state index contributed by atoms with van der Waals surface area (Å²) in [5.41, 5.74) is 0. The van der Waals surface area contributed by atoms with Gasteiger partial charge in [-0.2, -0.15) is 0 Å². The van der Waals surface area contributed by atoms with E-state index >= 15 is 0 Å². The lowest BCUT2D eigenvalue weighted by molar-refractivity contribution is 1.20. The van der Waals surface area contributed by atoms with Crippen LogP contribution in [0.15, 0.2) is 15.5 Å². The minimum absolute atomic E-state index is 0.824. The Kier molecular flexibility index (Phi) is 2.33. The summed E-state index contributed by atoms with van der Waals surface area (Å²) in [6.07, 6.45) is 1.73. The molecule has 0 amide bonds. The molecule has 0 N–H and O–H groups in total. The standard InChI is InChI=1S/C3HBr2IN2/c4-2-1-7-3(5)8(2)6/h1H. The van der Waals surface area contributed by atoms with Gasteiger partial charge in [-0.3, -0.25) is 2.78 Å². The van der Waals surface area contributed by atoms with Gasteiger partial charge in [-0.15, -0.1) is 0 Å². The van der Waals surface area contributed by atoms with Crippen molar-refractivity contribution in [3.8, 4) is 0 Å². The van der Waals surface area contributed by atoms with Gasteiger partial charge < -0.3 is 0 Å². The molecule has 0 saturated carbocycles. The van der Waals surface area contributed by atoms with Gasteiger partial charge in [0.05, 0.1) is 29.1 Å². The second kappa shape index (κ2) is 2.66. The Morgan fingerprint density at radius 1 is 1.62 bits per heavy atom. The first-order valence-electron chi connectivity index (χ1n) is 1.76. The molecule has 0 aliphatic heterocycles. The molecule has 1 rings (SSSR count). The average molecular weight is 352 g/mol. The van der Waals surface area contributed by atoms with Crippen molar-refractivity contribution < 1.29 is 0 Å². The van der Waals surface area contributed by atoms with Gasteiger partial charge in [0.1, 0.15) is 4.60 Å². The van der Waals surface area contributed by atoms with Gasteiger partial charge in [0, 0.05) is 0 Å². The first-order valence-corrected chi connectivity index (χ1v) is 4.32. The molecule has 8 heavy (non-hydrogen) atoms. The van der Waals surface area contributed by atoms with Crippen LogP contribution in [0.1, 0.15) is 0 Å². The fraction of sp³-hybridized carbons (Fsp3) is 0. The summed E-state index contributed by atoms with van der Waals surface area (Å²) in [6.45, 7) is 0.